The summed E-state index contributed by atoms with van der Waals surface area (Å²) in [6, 6.07) is 3.78. The first-order valence-electron chi connectivity index (χ1n) is 7.21. The third kappa shape index (κ3) is 2.90. The Morgan fingerprint density at radius 3 is 2.55 bits per heavy atom. The van der Waals surface area contributed by atoms with E-state index >= 15 is 0 Å². The summed E-state index contributed by atoms with van der Waals surface area (Å²) in [7, 11) is 0. The van der Waals surface area contributed by atoms with Gasteiger partial charge in [0.2, 0.25) is 0 Å². The topological polar surface area (TPSA) is 64.3 Å². The van der Waals surface area contributed by atoms with Gasteiger partial charge in [0.05, 0.1) is 11.0 Å². The summed E-state index contributed by atoms with van der Waals surface area (Å²) in [5.41, 5.74) is 2.61. The molecule has 0 aliphatic carbocycles. The summed E-state index contributed by atoms with van der Waals surface area (Å²) in [5, 5.41) is 9.94. The number of nitrogens with zero attached hydrogens (tertiary/aromatic N) is 2. The van der Waals surface area contributed by atoms with Gasteiger partial charge in [-0.25, -0.2) is 14.3 Å². The minimum Gasteiger partial charge on any atom is -0.439 e. The number of aryl methyl sites for hydroxylation is 2. The molecule has 2 rings (SSSR count). The summed E-state index contributed by atoms with van der Waals surface area (Å²) in [6.07, 6.45) is 0.0977. The number of carbonyl (C=O) groups is 1. The lowest BCUT2D eigenvalue weighted by Gasteiger charge is -2.21. The van der Waals surface area contributed by atoms with Gasteiger partial charge in [0, 0.05) is 0 Å². The van der Waals surface area contributed by atoms with E-state index in [1.165, 1.54) is 4.57 Å². The minimum atomic E-state index is -0.882. The van der Waals surface area contributed by atoms with Gasteiger partial charge in [-0.05, 0) is 64.0 Å². The molecule has 1 aromatic carbocycles. The first-order valence-corrected chi connectivity index (χ1v) is 7.21. The molecule has 5 heteroatoms. The molecule has 1 atom stereocenters. The van der Waals surface area contributed by atoms with E-state index in [-0.39, 0.29) is 5.82 Å². The Bertz CT molecular complexity index is 742. The van der Waals surface area contributed by atoms with Crippen molar-refractivity contribution in [1.29, 1.82) is 0 Å². The van der Waals surface area contributed by atoms with E-state index in [0.717, 1.165) is 11.1 Å². The van der Waals surface area contributed by atoms with Crippen LogP contribution in [0.3, 0.4) is 0 Å². The van der Waals surface area contributed by atoms with Gasteiger partial charge in [-0.2, -0.15) is 0 Å². The zero-order valence-corrected chi connectivity index (χ0v) is 13.7. The molecule has 0 spiro atoms. The van der Waals surface area contributed by atoms with Gasteiger partial charge in [0.25, 0.3) is 0 Å². The highest BCUT2D eigenvalue weighted by Gasteiger charge is 2.26. The Kier molecular flexibility index (Phi) is 4.11. The van der Waals surface area contributed by atoms with E-state index in [1.54, 1.807) is 26.8 Å². The number of carbonyl (C=O) groups excluding carboxylic acids is 1. The van der Waals surface area contributed by atoms with Crippen molar-refractivity contribution in [3.05, 3.63) is 41.7 Å². The molecule has 2 aromatic rings. The van der Waals surface area contributed by atoms with Crippen molar-refractivity contribution in [2.45, 2.75) is 46.3 Å². The molecule has 0 bridgehead atoms. The van der Waals surface area contributed by atoms with Gasteiger partial charge in [0.1, 0.15) is 17.5 Å². The maximum atomic E-state index is 12.6. The first kappa shape index (κ1) is 16.2. The van der Waals surface area contributed by atoms with Crippen molar-refractivity contribution in [1.82, 2.24) is 9.55 Å². The lowest BCUT2D eigenvalue weighted by Crippen LogP contribution is -2.29. The average molecular weight is 302 g/mol. The lowest BCUT2D eigenvalue weighted by atomic mass is 10.1. The van der Waals surface area contributed by atoms with Gasteiger partial charge >= 0.3 is 6.09 Å². The van der Waals surface area contributed by atoms with Gasteiger partial charge in [-0.3, -0.25) is 0 Å². The third-order valence-electron chi connectivity index (χ3n) is 3.69. The summed E-state index contributed by atoms with van der Waals surface area (Å²) >= 11 is 0. The van der Waals surface area contributed by atoms with Crippen LogP contribution in [0.1, 0.15) is 43.8 Å². The van der Waals surface area contributed by atoms with Gasteiger partial charge in [0.15, 0.2) is 0 Å². The quantitative estimate of drug-likeness (QED) is 0.879. The number of fused-ring (bicyclic) bond motifs is 1. The van der Waals surface area contributed by atoms with Crippen molar-refractivity contribution >= 4 is 17.1 Å². The number of imidazole rings is 1. The van der Waals surface area contributed by atoms with Crippen LogP contribution in [0.15, 0.2) is 24.8 Å². The molecule has 0 amide bonds. The molecule has 0 saturated carbocycles. The third-order valence-corrected chi connectivity index (χ3v) is 3.69. The summed E-state index contributed by atoms with van der Waals surface area (Å²) in [6.45, 7) is 12.7. The molecule has 0 saturated heterocycles. The maximum absolute atomic E-state index is 12.6. The molecule has 1 unspecified atom stereocenters. The molecule has 0 radical (unpaired) electrons. The van der Waals surface area contributed by atoms with E-state index < -0.39 is 17.8 Å². The van der Waals surface area contributed by atoms with Crippen molar-refractivity contribution < 1.29 is 14.6 Å². The van der Waals surface area contributed by atoms with Crippen LogP contribution >= 0.6 is 0 Å². The Morgan fingerprint density at radius 1 is 1.41 bits per heavy atom. The van der Waals surface area contributed by atoms with Crippen LogP contribution in [0.25, 0.3) is 11.0 Å². The molecule has 5 nitrogen and oxygen atoms in total. The average Bonchev–Trinajstić information content (AvgIpc) is 2.77. The van der Waals surface area contributed by atoms with E-state index in [9.17, 15) is 9.90 Å². The Morgan fingerprint density at radius 2 is 2.00 bits per heavy atom. The maximum Gasteiger partial charge on any atom is 0.420 e. The van der Waals surface area contributed by atoms with Gasteiger partial charge < -0.3 is 9.84 Å². The lowest BCUT2D eigenvalue weighted by molar-refractivity contribution is 0.0714. The SMILES string of the molecule is C=CC(C)(C)OC(=O)n1c(C(C)O)nc2cc(C)c(C)cc21. The second kappa shape index (κ2) is 5.57. The zero-order chi connectivity index (χ0) is 16.7. The fourth-order valence-corrected chi connectivity index (χ4v) is 2.14. The number of hydrogen-bond donors (Lipinski definition) is 1. The van der Waals surface area contributed by atoms with E-state index in [1.807, 2.05) is 26.0 Å². The number of aliphatic hydroxyl groups is 1. The van der Waals surface area contributed by atoms with Crippen LogP contribution in [-0.2, 0) is 4.74 Å². The van der Waals surface area contributed by atoms with Gasteiger partial charge in [-0.15, -0.1) is 0 Å². The molecule has 118 valence electrons. The summed E-state index contributed by atoms with van der Waals surface area (Å²) < 4.78 is 6.79. The van der Waals surface area contributed by atoms with Crippen LogP contribution in [0.5, 0.6) is 0 Å². The largest absolute Gasteiger partial charge is 0.439 e. The molecule has 1 aromatic heterocycles. The van der Waals surface area contributed by atoms with Gasteiger partial charge in [-0.1, -0.05) is 6.58 Å². The fraction of sp³-hybridized carbons (Fsp3) is 0.412. The highest BCUT2D eigenvalue weighted by Crippen LogP contribution is 2.25. The molecule has 22 heavy (non-hydrogen) atoms. The van der Waals surface area contributed by atoms with Crippen LogP contribution in [-0.4, -0.2) is 26.4 Å². The first-order chi connectivity index (χ1) is 10.2. The predicted octanol–water partition coefficient (Wildman–Crippen LogP) is 3.66. The molecule has 0 aliphatic heterocycles. The van der Waals surface area contributed by atoms with E-state index in [2.05, 4.69) is 11.6 Å². The molecular weight excluding hydrogens is 280 g/mol. The molecule has 0 fully saturated rings. The van der Waals surface area contributed by atoms with Crippen LogP contribution in [0.2, 0.25) is 0 Å². The van der Waals surface area contributed by atoms with Crippen molar-refractivity contribution in [3.8, 4) is 0 Å². The van der Waals surface area contributed by atoms with Crippen molar-refractivity contribution in [2.24, 2.45) is 0 Å². The van der Waals surface area contributed by atoms with Crippen LogP contribution in [0, 0.1) is 13.8 Å². The monoisotopic (exact) mass is 302 g/mol. The van der Waals surface area contributed by atoms with Crippen molar-refractivity contribution in [3.63, 3.8) is 0 Å². The smallest absolute Gasteiger partial charge is 0.420 e. The number of benzene rings is 1. The van der Waals surface area contributed by atoms with Crippen molar-refractivity contribution in [2.75, 3.05) is 0 Å². The second-order valence-corrected chi connectivity index (χ2v) is 6.08. The van der Waals surface area contributed by atoms with Crippen LogP contribution < -0.4 is 0 Å². The molecule has 1 heterocycles. The highest BCUT2D eigenvalue weighted by atomic mass is 16.6. The highest BCUT2D eigenvalue weighted by molar-refractivity contribution is 5.88. The number of ether oxygens (including phenoxy) is 1. The minimum absolute atomic E-state index is 0.268. The normalized spacial score (nSPS) is 13.2. The number of hydrogen-bond acceptors (Lipinski definition) is 4. The second-order valence-electron chi connectivity index (χ2n) is 6.08. The Labute approximate surface area is 130 Å². The fourth-order valence-electron chi connectivity index (χ4n) is 2.14. The Hall–Kier alpha value is -2.14. The molecule has 1 N–H and O–H groups in total. The predicted molar refractivity (Wildman–Crippen MR) is 86.0 cm³/mol. The number of aromatic nitrogens is 2. The van der Waals surface area contributed by atoms with E-state index in [0.29, 0.717) is 11.0 Å². The standard InChI is InChI=1S/C17H22N2O3/c1-7-17(5,6)22-16(21)19-14-9-11(3)10(2)8-13(14)18-15(19)12(4)20/h7-9,12,20H,1H2,2-6H3. The zero-order valence-electron chi connectivity index (χ0n) is 13.7. The van der Waals surface area contributed by atoms with Crippen LogP contribution in [0.4, 0.5) is 4.79 Å². The summed E-state index contributed by atoms with van der Waals surface area (Å²) in [4.78, 5) is 16.9. The Balaban J connectivity index is 2.64. The molecule has 0 aliphatic rings. The molecular formula is C17H22N2O3. The van der Waals surface area contributed by atoms with E-state index in [4.69, 9.17) is 4.74 Å². The summed E-state index contributed by atoms with van der Waals surface area (Å²) in [5.74, 6) is 0.268. The number of rotatable bonds is 3. The number of aliphatic hydroxyl groups excluding tert-OH is 1.